The molecule has 0 saturated heterocycles. The third-order valence-electron chi connectivity index (χ3n) is 1.40. The zero-order valence-electron chi connectivity index (χ0n) is 8.79. The standard InChI is InChI=1S/C9H19N3O/c1-6(2)5-11-9(10)12-8(13)7(3)4/h6-7H,5H2,1-4H3,(H3,10,11,12,13). The van der Waals surface area contributed by atoms with Crippen LogP contribution in [0.1, 0.15) is 27.7 Å². The fourth-order valence-corrected chi connectivity index (χ4v) is 0.591. The van der Waals surface area contributed by atoms with E-state index in [0.29, 0.717) is 12.5 Å². The van der Waals surface area contributed by atoms with E-state index in [4.69, 9.17) is 5.73 Å². The van der Waals surface area contributed by atoms with Crippen LogP contribution in [0.5, 0.6) is 0 Å². The van der Waals surface area contributed by atoms with Gasteiger partial charge in [0.25, 0.3) is 0 Å². The van der Waals surface area contributed by atoms with Crippen LogP contribution in [0.15, 0.2) is 4.99 Å². The Morgan fingerprint density at radius 3 is 2.31 bits per heavy atom. The molecule has 0 aliphatic carbocycles. The number of carbonyl (C=O) groups excluding carboxylic acids is 1. The molecule has 0 heterocycles. The summed E-state index contributed by atoms with van der Waals surface area (Å²) < 4.78 is 0. The Morgan fingerprint density at radius 2 is 1.92 bits per heavy atom. The zero-order chi connectivity index (χ0) is 10.4. The van der Waals surface area contributed by atoms with Gasteiger partial charge in [-0.15, -0.1) is 0 Å². The minimum atomic E-state index is -0.0926. The first-order chi connectivity index (χ1) is 5.93. The Labute approximate surface area is 79.6 Å². The normalized spacial score (nSPS) is 12.3. The first-order valence-electron chi connectivity index (χ1n) is 4.54. The van der Waals surface area contributed by atoms with E-state index in [2.05, 4.69) is 10.3 Å². The number of carbonyl (C=O) groups is 1. The van der Waals surface area contributed by atoms with E-state index >= 15 is 0 Å². The summed E-state index contributed by atoms with van der Waals surface area (Å²) in [6.07, 6.45) is 0. The van der Waals surface area contributed by atoms with E-state index < -0.39 is 0 Å². The first kappa shape index (κ1) is 11.9. The van der Waals surface area contributed by atoms with Gasteiger partial charge >= 0.3 is 0 Å². The lowest BCUT2D eigenvalue weighted by atomic mass is 10.2. The van der Waals surface area contributed by atoms with Gasteiger partial charge < -0.3 is 5.73 Å². The number of hydrogen-bond donors (Lipinski definition) is 2. The molecular formula is C9H19N3O. The van der Waals surface area contributed by atoms with Crippen molar-refractivity contribution in [2.75, 3.05) is 6.54 Å². The van der Waals surface area contributed by atoms with Crippen LogP contribution in [0.2, 0.25) is 0 Å². The molecule has 0 atom stereocenters. The summed E-state index contributed by atoms with van der Waals surface area (Å²) in [5.74, 6) is 0.514. The molecule has 3 N–H and O–H groups in total. The summed E-state index contributed by atoms with van der Waals surface area (Å²) >= 11 is 0. The predicted molar refractivity (Wildman–Crippen MR) is 54.3 cm³/mol. The molecular weight excluding hydrogens is 166 g/mol. The Balaban J connectivity index is 3.92. The van der Waals surface area contributed by atoms with Crippen LogP contribution < -0.4 is 11.1 Å². The number of hydrogen-bond acceptors (Lipinski definition) is 2. The summed E-state index contributed by atoms with van der Waals surface area (Å²) in [7, 11) is 0. The van der Waals surface area contributed by atoms with Crippen LogP contribution in [0.3, 0.4) is 0 Å². The SMILES string of the molecule is CC(C)CN=C(N)NC(=O)C(C)C. The van der Waals surface area contributed by atoms with Crippen LogP contribution in [-0.2, 0) is 4.79 Å². The molecule has 0 fully saturated rings. The van der Waals surface area contributed by atoms with Gasteiger partial charge in [0.15, 0.2) is 5.96 Å². The van der Waals surface area contributed by atoms with Gasteiger partial charge in [-0.3, -0.25) is 15.1 Å². The Bertz CT molecular complexity index is 197. The van der Waals surface area contributed by atoms with Gasteiger partial charge in [-0.05, 0) is 5.92 Å². The highest BCUT2D eigenvalue weighted by molar-refractivity contribution is 5.96. The second kappa shape index (κ2) is 5.56. The number of aliphatic imine (C=N–C) groups is 1. The smallest absolute Gasteiger partial charge is 0.229 e. The van der Waals surface area contributed by atoms with E-state index in [-0.39, 0.29) is 17.8 Å². The second-order valence-electron chi connectivity index (χ2n) is 3.76. The largest absolute Gasteiger partial charge is 0.370 e. The highest BCUT2D eigenvalue weighted by atomic mass is 16.2. The van der Waals surface area contributed by atoms with E-state index in [0.717, 1.165) is 0 Å². The summed E-state index contributed by atoms with van der Waals surface area (Å²) in [5.41, 5.74) is 5.48. The first-order valence-corrected chi connectivity index (χ1v) is 4.54. The highest BCUT2D eigenvalue weighted by Crippen LogP contribution is 1.92. The predicted octanol–water partition coefficient (Wildman–Crippen LogP) is 0.729. The number of guanidine groups is 1. The summed E-state index contributed by atoms with van der Waals surface area (Å²) in [6, 6.07) is 0. The van der Waals surface area contributed by atoms with Crippen LogP contribution in [0.25, 0.3) is 0 Å². The molecule has 0 spiro atoms. The molecule has 13 heavy (non-hydrogen) atoms. The second-order valence-corrected chi connectivity index (χ2v) is 3.76. The van der Waals surface area contributed by atoms with Crippen molar-refractivity contribution >= 4 is 11.9 Å². The van der Waals surface area contributed by atoms with Gasteiger partial charge in [0, 0.05) is 12.5 Å². The quantitative estimate of drug-likeness (QED) is 0.503. The Hall–Kier alpha value is -1.06. The maximum absolute atomic E-state index is 11.1. The molecule has 0 bridgehead atoms. The monoisotopic (exact) mass is 185 g/mol. The van der Waals surface area contributed by atoms with Crippen LogP contribution in [0, 0.1) is 11.8 Å². The fraction of sp³-hybridized carbons (Fsp3) is 0.778. The molecule has 1 amide bonds. The van der Waals surface area contributed by atoms with E-state index in [9.17, 15) is 4.79 Å². The van der Waals surface area contributed by atoms with E-state index in [1.807, 2.05) is 27.7 Å². The average molecular weight is 185 g/mol. The van der Waals surface area contributed by atoms with Gasteiger partial charge in [-0.25, -0.2) is 0 Å². The molecule has 0 radical (unpaired) electrons. The molecule has 0 saturated carbocycles. The number of nitrogens with zero attached hydrogens (tertiary/aromatic N) is 1. The molecule has 4 heteroatoms. The molecule has 0 aromatic heterocycles. The van der Waals surface area contributed by atoms with E-state index in [1.54, 1.807) is 0 Å². The topological polar surface area (TPSA) is 67.5 Å². The minimum Gasteiger partial charge on any atom is -0.370 e. The molecule has 0 rings (SSSR count). The third-order valence-corrected chi connectivity index (χ3v) is 1.40. The summed E-state index contributed by atoms with van der Waals surface area (Å²) in [6.45, 7) is 8.35. The van der Waals surface area contributed by atoms with Crippen molar-refractivity contribution in [3.8, 4) is 0 Å². The van der Waals surface area contributed by atoms with Gasteiger partial charge in [0.05, 0.1) is 0 Å². The van der Waals surface area contributed by atoms with Crippen molar-refractivity contribution in [1.29, 1.82) is 0 Å². The molecule has 0 aromatic rings. The molecule has 0 aliphatic rings. The fourth-order valence-electron chi connectivity index (χ4n) is 0.591. The lowest BCUT2D eigenvalue weighted by Crippen LogP contribution is -2.39. The van der Waals surface area contributed by atoms with Crippen molar-refractivity contribution in [3.05, 3.63) is 0 Å². The minimum absolute atomic E-state index is 0.0622. The lowest BCUT2D eigenvalue weighted by Gasteiger charge is -2.07. The van der Waals surface area contributed by atoms with Crippen molar-refractivity contribution < 1.29 is 4.79 Å². The lowest BCUT2D eigenvalue weighted by molar-refractivity contribution is -0.122. The summed E-state index contributed by atoms with van der Waals surface area (Å²) in [4.78, 5) is 15.1. The number of rotatable bonds is 3. The van der Waals surface area contributed by atoms with Crippen molar-refractivity contribution in [3.63, 3.8) is 0 Å². The van der Waals surface area contributed by atoms with Gasteiger partial charge in [0.1, 0.15) is 0 Å². The van der Waals surface area contributed by atoms with Crippen LogP contribution >= 0.6 is 0 Å². The van der Waals surface area contributed by atoms with Gasteiger partial charge in [-0.2, -0.15) is 0 Å². The Kier molecular flexibility index (Phi) is 5.11. The van der Waals surface area contributed by atoms with Crippen molar-refractivity contribution in [2.24, 2.45) is 22.6 Å². The van der Waals surface area contributed by atoms with Crippen molar-refractivity contribution in [1.82, 2.24) is 5.32 Å². The molecule has 0 aromatic carbocycles. The van der Waals surface area contributed by atoms with Crippen LogP contribution in [0.4, 0.5) is 0 Å². The zero-order valence-corrected chi connectivity index (χ0v) is 8.79. The molecule has 76 valence electrons. The molecule has 0 unspecified atom stereocenters. The van der Waals surface area contributed by atoms with Gasteiger partial charge in [0.2, 0.25) is 5.91 Å². The average Bonchev–Trinajstić information content (AvgIpc) is 2.00. The summed E-state index contributed by atoms with van der Waals surface area (Å²) in [5, 5.41) is 2.52. The third kappa shape index (κ3) is 6.13. The van der Waals surface area contributed by atoms with Crippen molar-refractivity contribution in [2.45, 2.75) is 27.7 Å². The molecule has 4 nitrogen and oxygen atoms in total. The Morgan fingerprint density at radius 1 is 1.38 bits per heavy atom. The highest BCUT2D eigenvalue weighted by Gasteiger charge is 2.07. The number of amides is 1. The van der Waals surface area contributed by atoms with E-state index in [1.165, 1.54) is 0 Å². The maximum Gasteiger partial charge on any atom is 0.229 e. The molecule has 0 aliphatic heterocycles. The van der Waals surface area contributed by atoms with Crippen LogP contribution in [-0.4, -0.2) is 18.4 Å². The number of nitrogens with two attached hydrogens (primary N) is 1. The maximum atomic E-state index is 11.1. The number of nitrogens with one attached hydrogen (secondary N) is 1. The van der Waals surface area contributed by atoms with Gasteiger partial charge in [-0.1, -0.05) is 27.7 Å².